The second-order valence-electron chi connectivity index (χ2n) is 7.90. The first kappa shape index (κ1) is 19.2. The fourth-order valence-electron chi connectivity index (χ4n) is 4.08. The maximum Gasteiger partial charge on any atom is 0.228 e. The highest BCUT2D eigenvalue weighted by Crippen LogP contribution is 2.48. The molecule has 1 atom stereocenters. The Hall–Kier alpha value is -4.46. The Bertz CT molecular complexity index is 1470. The van der Waals surface area contributed by atoms with E-state index in [0.717, 1.165) is 22.4 Å². The Morgan fingerprint density at radius 1 is 1.12 bits per heavy atom. The second-order valence-corrected chi connectivity index (χ2v) is 7.90. The fraction of sp³-hybridized carbons (Fsp3) is 0.120. The number of pyridine rings is 1. The molecule has 0 unspecified atom stereocenters. The molecule has 3 aromatic heterocycles. The molecule has 6 rings (SSSR count). The number of fused-ring (bicyclic) bond motifs is 4. The van der Waals surface area contributed by atoms with Crippen molar-refractivity contribution in [1.29, 1.82) is 0 Å². The summed E-state index contributed by atoms with van der Waals surface area (Å²) in [5.41, 5.74) is 4.45. The molecule has 0 radical (unpaired) electrons. The maximum atomic E-state index is 9.98. The van der Waals surface area contributed by atoms with Crippen molar-refractivity contribution >= 4 is 5.65 Å². The Kier molecular flexibility index (Phi) is 4.43. The molecule has 0 bridgehead atoms. The molecule has 8 nitrogen and oxygen atoms in total. The first-order chi connectivity index (χ1) is 16.2. The van der Waals surface area contributed by atoms with Crippen LogP contribution in [0.15, 0.2) is 73.3 Å². The van der Waals surface area contributed by atoms with Gasteiger partial charge < -0.3 is 14.6 Å². The van der Waals surface area contributed by atoms with Crippen molar-refractivity contribution in [3.63, 3.8) is 0 Å². The number of aromatic nitrogens is 5. The third kappa shape index (κ3) is 3.41. The van der Waals surface area contributed by atoms with Crippen molar-refractivity contribution in [3.8, 4) is 23.1 Å². The molecule has 1 N–H and O–H groups in total. The largest absolute Gasteiger partial charge is 0.508 e. The molecule has 0 saturated carbocycles. The summed E-state index contributed by atoms with van der Waals surface area (Å²) in [5.74, 6) is 2.16. The van der Waals surface area contributed by atoms with Crippen LogP contribution in [-0.2, 0) is 6.61 Å². The molecule has 4 heterocycles. The molecule has 0 amide bonds. The van der Waals surface area contributed by atoms with E-state index in [-0.39, 0.29) is 18.3 Å². The zero-order chi connectivity index (χ0) is 22.4. The molecule has 162 valence electrons. The predicted octanol–water partition coefficient (Wildman–Crippen LogP) is 4.40. The smallest absolute Gasteiger partial charge is 0.228 e. The van der Waals surface area contributed by atoms with Gasteiger partial charge >= 0.3 is 0 Å². The maximum absolute atomic E-state index is 9.98. The third-order valence-electron chi connectivity index (χ3n) is 5.64. The number of hydrogen-bond donors (Lipinski definition) is 1. The minimum atomic E-state index is -0.232. The van der Waals surface area contributed by atoms with Gasteiger partial charge in [0.15, 0.2) is 11.5 Å². The Balaban J connectivity index is 1.44. The van der Waals surface area contributed by atoms with Gasteiger partial charge in [0.1, 0.15) is 30.2 Å². The monoisotopic (exact) mass is 437 g/mol. The first-order valence-electron chi connectivity index (χ1n) is 10.5. The van der Waals surface area contributed by atoms with Crippen LogP contribution >= 0.6 is 0 Å². The lowest BCUT2D eigenvalue weighted by Crippen LogP contribution is -2.15. The number of hydrogen-bond acceptors (Lipinski definition) is 7. The lowest BCUT2D eigenvalue weighted by molar-refractivity contribution is 0.296. The van der Waals surface area contributed by atoms with E-state index in [1.807, 2.05) is 55.6 Å². The number of phenolic OH excluding ortho intramolecular Hbond substituents is 1. The lowest BCUT2D eigenvalue weighted by Gasteiger charge is -2.27. The number of benzene rings is 2. The van der Waals surface area contributed by atoms with Gasteiger partial charge in [0.05, 0.1) is 5.56 Å². The summed E-state index contributed by atoms with van der Waals surface area (Å²) in [5, 5.41) is 14.5. The van der Waals surface area contributed by atoms with E-state index in [0.29, 0.717) is 23.1 Å². The minimum absolute atomic E-state index is 0.126. The number of aryl methyl sites for hydroxylation is 1. The van der Waals surface area contributed by atoms with Crippen molar-refractivity contribution in [2.75, 3.05) is 0 Å². The molecule has 2 aromatic carbocycles. The molecular formula is C25H19N5O3. The van der Waals surface area contributed by atoms with Crippen molar-refractivity contribution in [2.24, 2.45) is 0 Å². The summed E-state index contributed by atoms with van der Waals surface area (Å²) in [6.07, 6.45) is 5.13. The van der Waals surface area contributed by atoms with Gasteiger partial charge in [0.25, 0.3) is 0 Å². The number of aromatic hydroxyl groups is 1. The Labute approximate surface area is 189 Å². The molecule has 0 fully saturated rings. The summed E-state index contributed by atoms with van der Waals surface area (Å²) >= 11 is 0. The van der Waals surface area contributed by atoms with Crippen LogP contribution in [-0.4, -0.2) is 29.7 Å². The van der Waals surface area contributed by atoms with Crippen LogP contribution in [0.1, 0.15) is 34.0 Å². The third-order valence-corrected chi connectivity index (χ3v) is 5.64. The normalized spacial score (nSPS) is 14.4. The van der Waals surface area contributed by atoms with Gasteiger partial charge in [-0.2, -0.15) is 0 Å². The van der Waals surface area contributed by atoms with Gasteiger partial charge in [-0.3, -0.25) is 4.98 Å². The van der Waals surface area contributed by atoms with Gasteiger partial charge in [0, 0.05) is 29.9 Å². The van der Waals surface area contributed by atoms with E-state index in [9.17, 15) is 5.11 Å². The highest BCUT2D eigenvalue weighted by Gasteiger charge is 2.33. The van der Waals surface area contributed by atoms with Gasteiger partial charge in [-0.1, -0.05) is 29.8 Å². The summed E-state index contributed by atoms with van der Waals surface area (Å²) in [6, 6.07) is 16.8. The molecule has 0 aliphatic carbocycles. The average Bonchev–Trinajstić information content (AvgIpc) is 3.26. The first-order valence-corrected chi connectivity index (χ1v) is 10.5. The molecule has 1 aliphatic rings. The van der Waals surface area contributed by atoms with Crippen LogP contribution in [0.4, 0.5) is 0 Å². The summed E-state index contributed by atoms with van der Waals surface area (Å²) in [6.45, 7) is 2.26. The number of rotatable bonds is 4. The number of nitrogens with zero attached hydrogens (tertiary/aromatic N) is 5. The second kappa shape index (κ2) is 7.59. The van der Waals surface area contributed by atoms with Crippen LogP contribution in [0.5, 0.6) is 23.1 Å². The molecular weight excluding hydrogens is 418 g/mol. The van der Waals surface area contributed by atoms with Gasteiger partial charge in [-0.25, -0.2) is 14.5 Å². The van der Waals surface area contributed by atoms with Crippen LogP contribution in [0.3, 0.4) is 0 Å². The molecule has 0 saturated heterocycles. The predicted molar refractivity (Wildman–Crippen MR) is 120 cm³/mol. The fourth-order valence-corrected chi connectivity index (χ4v) is 4.08. The average molecular weight is 437 g/mol. The zero-order valence-electron chi connectivity index (χ0n) is 17.7. The highest BCUT2D eigenvalue weighted by molar-refractivity contribution is 5.66. The summed E-state index contributed by atoms with van der Waals surface area (Å²) in [7, 11) is 0. The van der Waals surface area contributed by atoms with Crippen LogP contribution in [0.25, 0.3) is 5.65 Å². The molecule has 5 aromatic rings. The van der Waals surface area contributed by atoms with E-state index >= 15 is 0 Å². The zero-order valence-corrected chi connectivity index (χ0v) is 17.7. The van der Waals surface area contributed by atoms with Gasteiger partial charge in [-0.05, 0) is 36.8 Å². The van der Waals surface area contributed by atoms with Gasteiger partial charge in [-0.15, -0.1) is 5.10 Å². The summed E-state index contributed by atoms with van der Waals surface area (Å²) in [4.78, 5) is 13.6. The Morgan fingerprint density at radius 3 is 2.82 bits per heavy atom. The number of phenols is 1. The van der Waals surface area contributed by atoms with Crippen molar-refractivity contribution in [3.05, 3.63) is 101 Å². The van der Waals surface area contributed by atoms with Crippen LogP contribution in [0, 0.1) is 6.92 Å². The molecule has 1 aliphatic heterocycles. The van der Waals surface area contributed by atoms with E-state index in [1.54, 1.807) is 29.2 Å². The highest BCUT2D eigenvalue weighted by atomic mass is 16.5. The number of ether oxygens (including phenoxy) is 2. The SMILES string of the molecule is Cc1ccc(OCc2nc3c4c(ncn3n2)Oc2cc(O)ccc2[C@H]4c2cccnc2)cc1. The van der Waals surface area contributed by atoms with Gasteiger partial charge in [0.2, 0.25) is 5.88 Å². The van der Waals surface area contributed by atoms with E-state index in [4.69, 9.17) is 14.5 Å². The van der Waals surface area contributed by atoms with Crippen LogP contribution in [0.2, 0.25) is 0 Å². The van der Waals surface area contributed by atoms with E-state index in [2.05, 4.69) is 15.1 Å². The quantitative estimate of drug-likeness (QED) is 0.437. The van der Waals surface area contributed by atoms with Crippen molar-refractivity contribution in [1.82, 2.24) is 24.6 Å². The van der Waals surface area contributed by atoms with Crippen molar-refractivity contribution < 1.29 is 14.6 Å². The topological polar surface area (TPSA) is 94.7 Å². The standard InChI is InChI=1S/C25H19N5O3/c1-15-4-7-18(8-5-15)32-13-21-28-24-23-22(16-3-2-10-26-12-16)19-9-6-17(31)11-20(19)33-25(23)27-14-30(24)29-21/h2-12,14,22,31H,13H2,1H3/t22-/m1/s1. The van der Waals surface area contributed by atoms with Crippen LogP contribution < -0.4 is 9.47 Å². The lowest BCUT2D eigenvalue weighted by atomic mass is 9.84. The molecule has 0 spiro atoms. The molecule has 8 heteroatoms. The molecule has 33 heavy (non-hydrogen) atoms. The summed E-state index contributed by atoms with van der Waals surface area (Å²) < 4.78 is 13.6. The van der Waals surface area contributed by atoms with E-state index < -0.39 is 0 Å². The van der Waals surface area contributed by atoms with E-state index in [1.165, 1.54) is 5.56 Å². The Morgan fingerprint density at radius 2 is 2.00 bits per heavy atom. The minimum Gasteiger partial charge on any atom is -0.508 e. The van der Waals surface area contributed by atoms with Crippen molar-refractivity contribution in [2.45, 2.75) is 19.4 Å².